The molecular formula is C22H22Cl2N4O2. The molecular weight excluding hydrogens is 423 g/mol. The van der Waals surface area contributed by atoms with Crippen molar-refractivity contribution in [3.05, 3.63) is 82.5 Å². The van der Waals surface area contributed by atoms with Gasteiger partial charge < -0.3 is 9.72 Å². The molecule has 4 aromatic rings. The second kappa shape index (κ2) is 10.7. The molecule has 8 heteroatoms. The zero-order chi connectivity index (χ0) is 19.3. The molecule has 0 atom stereocenters. The number of fused-ring (bicyclic) bond motifs is 1. The molecule has 1 aromatic carbocycles. The molecule has 6 nitrogen and oxygen atoms in total. The number of aryl methyl sites for hydroxylation is 2. The predicted molar refractivity (Wildman–Crippen MR) is 123 cm³/mol. The first kappa shape index (κ1) is 23.3. The molecule has 0 spiro atoms. The van der Waals surface area contributed by atoms with E-state index in [1.54, 1.807) is 18.5 Å². The van der Waals surface area contributed by atoms with E-state index >= 15 is 0 Å². The van der Waals surface area contributed by atoms with Gasteiger partial charge in [-0.15, -0.1) is 24.8 Å². The van der Waals surface area contributed by atoms with E-state index in [9.17, 15) is 4.79 Å². The van der Waals surface area contributed by atoms with E-state index in [-0.39, 0.29) is 30.4 Å². The van der Waals surface area contributed by atoms with Crippen LogP contribution in [0, 0.1) is 6.92 Å². The Bertz CT molecular complexity index is 1170. The fourth-order valence-corrected chi connectivity index (χ4v) is 3.02. The number of nitrogens with one attached hydrogen (secondary N) is 1. The van der Waals surface area contributed by atoms with Gasteiger partial charge in [0.05, 0.1) is 17.5 Å². The number of benzene rings is 1. The Balaban J connectivity index is 0.00000160. The average Bonchev–Trinajstić information content (AvgIpc) is 2.72. The van der Waals surface area contributed by atoms with Crippen molar-refractivity contribution in [3.8, 4) is 17.3 Å². The van der Waals surface area contributed by atoms with Crippen LogP contribution in [0.5, 0.6) is 5.75 Å². The van der Waals surface area contributed by atoms with Crippen molar-refractivity contribution >= 4 is 35.7 Å². The van der Waals surface area contributed by atoms with Crippen molar-refractivity contribution in [1.29, 1.82) is 0 Å². The van der Waals surface area contributed by atoms with Gasteiger partial charge in [-0.25, -0.2) is 9.97 Å². The average molecular weight is 445 g/mol. The van der Waals surface area contributed by atoms with Gasteiger partial charge in [0.25, 0.3) is 5.56 Å². The SMILES string of the molecule is Cc1cccc(-c2nc3ccc(OCCCc4ccncc4)cc3c(=O)[nH]2)n1.Cl.Cl. The van der Waals surface area contributed by atoms with E-state index < -0.39 is 0 Å². The Hall–Kier alpha value is -2.96. The highest BCUT2D eigenvalue weighted by molar-refractivity contribution is 5.85. The molecule has 3 aromatic heterocycles. The van der Waals surface area contributed by atoms with Gasteiger partial charge in [0.2, 0.25) is 0 Å². The summed E-state index contributed by atoms with van der Waals surface area (Å²) in [6.45, 7) is 2.48. The Morgan fingerprint density at radius 2 is 1.80 bits per heavy atom. The molecule has 0 bridgehead atoms. The number of H-pyrrole nitrogens is 1. The number of pyridine rings is 2. The predicted octanol–water partition coefficient (Wildman–Crippen LogP) is 4.54. The van der Waals surface area contributed by atoms with E-state index in [0.29, 0.717) is 34.8 Å². The highest BCUT2D eigenvalue weighted by Crippen LogP contribution is 2.19. The Kier molecular flexibility index (Phi) is 8.33. The number of aromatic nitrogens is 4. The van der Waals surface area contributed by atoms with Crippen LogP contribution in [-0.2, 0) is 6.42 Å². The normalized spacial score (nSPS) is 10.2. The summed E-state index contributed by atoms with van der Waals surface area (Å²) in [7, 11) is 0. The smallest absolute Gasteiger partial charge is 0.259 e. The maximum atomic E-state index is 12.5. The second-order valence-electron chi connectivity index (χ2n) is 6.57. The summed E-state index contributed by atoms with van der Waals surface area (Å²) in [5.74, 6) is 1.13. The molecule has 0 aliphatic heterocycles. The van der Waals surface area contributed by atoms with E-state index in [0.717, 1.165) is 18.5 Å². The first-order valence-electron chi connectivity index (χ1n) is 9.19. The summed E-state index contributed by atoms with van der Waals surface area (Å²) >= 11 is 0. The fourth-order valence-electron chi connectivity index (χ4n) is 3.02. The van der Waals surface area contributed by atoms with Crippen LogP contribution >= 0.6 is 24.8 Å². The Morgan fingerprint density at radius 3 is 2.57 bits per heavy atom. The first-order valence-corrected chi connectivity index (χ1v) is 9.19. The summed E-state index contributed by atoms with van der Waals surface area (Å²) in [5, 5.41) is 0.503. The van der Waals surface area contributed by atoms with Crippen LogP contribution < -0.4 is 10.3 Å². The number of hydrogen-bond acceptors (Lipinski definition) is 5. The molecule has 0 saturated carbocycles. The van der Waals surface area contributed by atoms with Crippen LogP contribution in [-0.4, -0.2) is 26.5 Å². The number of rotatable bonds is 6. The minimum Gasteiger partial charge on any atom is -0.494 e. The molecule has 0 amide bonds. The van der Waals surface area contributed by atoms with Crippen LogP contribution in [0.1, 0.15) is 17.7 Å². The lowest BCUT2D eigenvalue weighted by Crippen LogP contribution is -2.10. The van der Waals surface area contributed by atoms with Crippen molar-refractivity contribution in [3.63, 3.8) is 0 Å². The van der Waals surface area contributed by atoms with Crippen molar-refractivity contribution in [1.82, 2.24) is 19.9 Å². The Labute approximate surface area is 186 Å². The van der Waals surface area contributed by atoms with Crippen molar-refractivity contribution in [2.45, 2.75) is 19.8 Å². The molecule has 0 aliphatic rings. The summed E-state index contributed by atoms with van der Waals surface area (Å²) in [5.41, 5.74) is 3.16. The highest BCUT2D eigenvalue weighted by Gasteiger charge is 2.08. The molecule has 0 saturated heterocycles. The summed E-state index contributed by atoms with van der Waals surface area (Å²) in [6, 6.07) is 15.0. The van der Waals surface area contributed by atoms with Crippen LogP contribution in [0.25, 0.3) is 22.4 Å². The molecule has 0 aliphatic carbocycles. The van der Waals surface area contributed by atoms with Crippen molar-refractivity contribution in [2.75, 3.05) is 6.61 Å². The topological polar surface area (TPSA) is 80.8 Å². The maximum absolute atomic E-state index is 12.5. The Morgan fingerprint density at radius 1 is 1.00 bits per heavy atom. The third kappa shape index (κ3) is 5.55. The maximum Gasteiger partial charge on any atom is 0.259 e. The van der Waals surface area contributed by atoms with Gasteiger partial charge in [-0.1, -0.05) is 6.07 Å². The van der Waals surface area contributed by atoms with Gasteiger partial charge in [-0.05, 0) is 67.8 Å². The quantitative estimate of drug-likeness (QED) is 0.441. The van der Waals surface area contributed by atoms with Crippen LogP contribution in [0.2, 0.25) is 0 Å². The van der Waals surface area contributed by atoms with E-state index in [1.165, 1.54) is 5.56 Å². The lowest BCUT2D eigenvalue weighted by Gasteiger charge is -2.08. The molecule has 4 rings (SSSR count). The van der Waals surface area contributed by atoms with Crippen LogP contribution in [0.3, 0.4) is 0 Å². The largest absolute Gasteiger partial charge is 0.494 e. The lowest BCUT2D eigenvalue weighted by molar-refractivity contribution is 0.311. The summed E-state index contributed by atoms with van der Waals surface area (Å²) in [4.78, 5) is 28.3. The van der Waals surface area contributed by atoms with Gasteiger partial charge in [-0.3, -0.25) is 9.78 Å². The van der Waals surface area contributed by atoms with Gasteiger partial charge in [0.1, 0.15) is 11.4 Å². The van der Waals surface area contributed by atoms with Crippen LogP contribution in [0.4, 0.5) is 0 Å². The van der Waals surface area contributed by atoms with E-state index in [4.69, 9.17) is 4.74 Å². The molecule has 3 heterocycles. The minimum absolute atomic E-state index is 0. The van der Waals surface area contributed by atoms with Gasteiger partial charge >= 0.3 is 0 Å². The first-order chi connectivity index (χ1) is 13.7. The number of hydrogen-bond donors (Lipinski definition) is 1. The van der Waals surface area contributed by atoms with Crippen molar-refractivity contribution in [2.24, 2.45) is 0 Å². The van der Waals surface area contributed by atoms with Gasteiger partial charge in [-0.2, -0.15) is 0 Å². The van der Waals surface area contributed by atoms with E-state index in [2.05, 4.69) is 19.9 Å². The molecule has 30 heavy (non-hydrogen) atoms. The molecule has 0 unspecified atom stereocenters. The number of halogens is 2. The third-order valence-corrected chi connectivity index (χ3v) is 4.44. The number of ether oxygens (including phenoxy) is 1. The number of nitrogens with zero attached hydrogens (tertiary/aromatic N) is 3. The second-order valence-corrected chi connectivity index (χ2v) is 6.57. The standard InChI is InChI=1S/C22H20N4O2.2ClH/c1-15-4-2-6-20(24-15)21-25-19-8-7-17(14-18(19)22(27)26-21)28-13-3-5-16-9-11-23-12-10-16;;/h2,4,6-12,14H,3,5,13H2,1H3,(H,25,26,27);2*1H. The zero-order valence-corrected chi connectivity index (χ0v) is 18.0. The molecule has 156 valence electrons. The van der Waals surface area contributed by atoms with E-state index in [1.807, 2.05) is 49.4 Å². The molecule has 0 radical (unpaired) electrons. The lowest BCUT2D eigenvalue weighted by atomic mass is 10.1. The van der Waals surface area contributed by atoms with Gasteiger partial charge in [0, 0.05) is 18.1 Å². The van der Waals surface area contributed by atoms with Crippen molar-refractivity contribution < 1.29 is 4.74 Å². The van der Waals surface area contributed by atoms with Gasteiger partial charge in [0.15, 0.2) is 5.82 Å². The monoisotopic (exact) mass is 444 g/mol. The minimum atomic E-state index is -0.203. The fraction of sp³-hybridized carbons (Fsp3) is 0.182. The summed E-state index contributed by atoms with van der Waals surface area (Å²) in [6.07, 6.45) is 5.39. The molecule has 0 fully saturated rings. The summed E-state index contributed by atoms with van der Waals surface area (Å²) < 4.78 is 5.81. The van der Waals surface area contributed by atoms with Crippen LogP contribution in [0.15, 0.2) is 65.7 Å². The molecule has 1 N–H and O–H groups in total. The third-order valence-electron chi connectivity index (χ3n) is 4.44. The highest BCUT2D eigenvalue weighted by atomic mass is 35.5. The number of aromatic amines is 1. The zero-order valence-electron chi connectivity index (χ0n) is 16.4.